The van der Waals surface area contributed by atoms with E-state index in [9.17, 15) is 4.79 Å². The fourth-order valence-electron chi connectivity index (χ4n) is 1.61. The molecule has 1 aromatic carbocycles. The van der Waals surface area contributed by atoms with Crippen LogP contribution in [0.1, 0.15) is 42.3 Å². The average Bonchev–Trinajstić information content (AvgIpc) is 2.28. The summed E-state index contributed by atoms with van der Waals surface area (Å²) in [7, 11) is 1.58. The number of halogens is 2. The Balaban J connectivity index is 3.49. The van der Waals surface area contributed by atoms with Crippen molar-refractivity contribution in [3.05, 3.63) is 38.3 Å². The molecule has 0 saturated heterocycles. The van der Waals surface area contributed by atoms with E-state index >= 15 is 0 Å². The lowest BCUT2D eigenvalue weighted by molar-refractivity contribution is 0.112. The molecule has 0 aliphatic rings. The largest absolute Gasteiger partial charge is 0.494 e. The summed E-state index contributed by atoms with van der Waals surface area (Å²) in [6.45, 7) is 6.39. The number of carbonyl (C=O) groups excluding carboxylic acids is 1. The van der Waals surface area contributed by atoms with E-state index in [1.165, 1.54) is 0 Å². The van der Waals surface area contributed by atoms with Crippen LogP contribution in [0.5, 0.6) is 0 Å². The van der Waals surface area contributed by atoms with Gasteiger partial charge in [0.05, 0.1) is 7.11 Å². The molecule has 2 nitrogen and oxygen atoms in total. The first-order valence-electron chi connectivity index (χ1n) is 5.50. The fraction of sp³-hybridized carbons (Fsp3) is 0.357. The molecule has 18 heavy (non-hydrogen) atoms. The lowest BCUT2D eigenvalue weighted by Gasteiger charge is -2.21. The number of aldehydes is 1. The predicted molar refractivity (Wildman–Crippen MR) is 82.3 cm³/mol. The maximum atomic E-state index is 11.1. The SMILES string of the molecule is COC(=C(Br)Br)c1cc(C(C)(C)C)ccc1C=O. The van der Waals surface area contributed by atoms with Crippen LogP contribution in [0.25, 0.3) is 5.76 Å². The zero-order valence-electron chi connectivity index (χ0n) is 10.9. The van der Waals surface area contributed by atoms with Gasteiger partial charge in [0, 0.05) is 11.1 Å². The number of rotatable bonds is 3. The second kappa shape index (κ2) is 6.02. The fourth-order valence-corrected chi connectivity index (χ4v) is 2.36. The monoisotopic (exact) mass is 374 g/mol. The van der Waals surface area contributed by atoms with Gasteiger partial charge in [0.15, 0.2) is 6.29 Å². The Bertz CT molecular complexity index is 481. The Hall–Kier alpha value is -0.610. The topological polar surface area (TPSA) is 26.3 Å². The highest BCUT2D eigenvalue weighted by atomic mass is 79.9. The van der Waals surface area contributed by atoms with Crippen LogP contribution in [0, 0.1) is 0 Å². The molecule has 0 unspecified atom stereocenters. The van der Waals surface area contributed by atoms with Gasteiger partial charge in [-0.1, -0.05) is 32.9 Å². The first-order valence-corrected chi connectivity index (χ1v) is 7.09. The zero-order chi connectivity index (χ0) is 13.9. The van der Waals surface area contributed by atoms with E-state index in [2.05, 4.69) is 52.6 Å². The third-order valence-corrected chi connectivity index (χ3v) is 3.39. The van der Waals surface area contributed by atoms with Crippen molar-refractivity contribution < 1.29 is 9.53 Å². The van der Waals surface area contributed by atoms with Crippen LogP contribution in [0.3, 0.4) is 0 Å². The number of ether oxygens (including phenoxy) is 1. The van der Waals surface area contributed by atoms with E-state index in [0.29, 0.717) is 14.7 Å². The summed E-state index contributed by atoms with van der Waals surface area (Å²) in [5.74, 6) is 0.614. The lowest BCUT2D eigenvalue weighted by Crippen LogP contribution is -2.12. The maximum Gasteiger partial charge on any atom is 0.150 e. The van der Waals surface area contributed by atoms with Gasteiger partial charge in [-0.05, 0) is 48.9 Å². The molecule has 4 heteroatoms. The molecular weight excluding hydrogens is 360 g/mol. The van der Waals surface area contributed by atoms with E-state index in [0.717, 1.165) is 17.4 Å². The molecule has 0 radical (unpaired) electrons. The average molecular weight is 376 g/mol. The van der Waals surface area contributed by atoms with Gasteiger partial charge in [-0.25, -0.2) is 0 Å². The van der Waals surface area contributed by atoms with Crippen molar-refractivity contribution in [1.82, 2.24) is 0 Å². The van der Waals surface area contributed by atoms with Crippen molar-refractivity contribution in [2.45, 2.75) is 26.2 Å². The van der Waals surface area contributed by atoms with Gasteiger partial charge in [-0.15, -0.1) is 0 Å². The molecule has 0 fully saturated rings. The van der Waals surface area contributed by atoms with Crippen LogP contribution in [0.4, 0.5) is 0 Å². The molecule has 1 aromatic rings. The van der Waals surface area contributed by atoms with E-state index in [-0.39, 0.29) is 5.41 Å². The highest BCUT2D eigenvalue weighted by Crippen LogP contribution is 2.32. The summed E-state index contributed by atoms with van der Waals surface area (Å²) in [4.78, 5) is 11.1. The predicted octanol–water partition coefficient (Wildman–Crippen LogP) is 4.86. The van der Waals surface area contributed by atoms with Crippen molar-refractivity contribution in [1.29, 1.82) is 0 Å². The molecule has 0 heterocycles. The van der Waals surface area contributed by atoms with Crippen LogP contribution in [0.15, 0.2) is 21.6 Å². The Morgan fingerprint density at radius 3 is 2.28 bits per heavy atom. The number of hydrogen-bond acceptors (Lipinski definition) is 2. The Morgan fingerprint density at radius 2 is 1.89 bits per heavy atom. The molecule has 0 spiro atoms. The first-order chi connectivity index (χ1) is 8.31. The second-order valence-electron chi connectivity index (χ2n) is 4.96. The minimum absolute atomic E-state index is 0.0216. The van der Waals surface area contributed by atoms with E-state index in [4.69, 9.17) is 4.74 Å². The standard InChI is InChI=1S/C14H16Br2O2/c1-14(2,3)10-6-5-9(8-17)11(7-10)12(18-4)13(15)16/h5-8H,1-4H3. The van der Waals surface area contributed by atoms with Gasteiger partial charge < -0.3 is 4.74 Å². The van der Waals surface area contributed by atoms with Crippen LogP contribution in [-0.4, -0.2) is 13.4 Å². The third-order valence-electron chi connectivity index (χ3n) is 2.67. The van der Waals surface area contributed by atoms with E-state index in [1.54, 1.807) is 7.11 Å². The van der Waals surface area contributed by atoms with Crippen molar-refractivity contribution >= 4 is 43.9 Å². The quantitative estimate of drug-likeness (QED) is 0.557. The molecule has 0 aromatic heterocycles. The molecule has 0 amide bonds. The van der Waals surface area contributed by atoms with Gasteiger partial charge in [0.2, 0.25) is 0 Å². The normalized spacial score (nSPS) is 11.0. The van der Waals surface area contributed by atoms with Gasteiger partial charge >= 0.3 is 0 Å². The molecule has 98 valence electrons. The number of carbonyl (C=O) groups is 1. The first kappa shape index (κ1) is 15.4. The minimum atomic E-state index is 0.0216. The Morgan fingerprint density at radius 1 is 1.28 bits per heavy atom. The highest BCUT2D eigenvalue weighted by molar-refractivity contribution is 9.28. The van der Waals surface area contributed by atoms with Gasteiger partial charge in [0.25, 0.3) is 0 Å². The van der Waals surface area contributed by atoms with Crippen LogP contribution in [0.2, 0.25) is 0 Å². The van der Waals surface area contributed by atoms with Crippen molar-refractivity contribution in [2.75, 3.05) is 7.11 Å². The van der Waals surface area contributed by atoms with E-state index < -0.39 is 0 Å². The van der Waals surface area contributed by atoms with Crippen LogP contribution in [-0.2, 0) is 10.2 Å². The van der Waals surface area contributed by atoms with Gasteiger partial charge in [-0.3, -0.25) is 4.79 Å². The smallest absolute Gasteiger partial charge is 0.150 e. The Labute approximate surface area is 125 Å². The van der Waals surface area contributed by atoms with E-state index in [1.807, 2.05) is 18.2 Å². The summed E-state index contributed by atoms with van der Waals surface area (Å²) in [5, 5.41) is 0. The van der Waals surface area contributed by atoms with Crippen molar-refractivity contribution in [3.63, 3.8) is 0 Å². The van der Waals surface area contributed by atoms with Gasteiger partial charge in [-0.2, -0.15) is 0 Å². The summed E-state index contributed by atoms with van der Waals surface area (Å²) in [6.07, 6.45) is 0.837. The molecule has 0 bridgehead atoms. The maximum absolute atomic E-state index is 11.1. The number of benzene rings is 1. The second-order valence-corrected chi connectivity index (χ2v) is 7.61. The Kier molecular flexibility index (Phi) is 5.17. The third kappa shape index (κ3) is 3.45. The highest BCUT2D eigenvalue weighted by Gasteiger charge is 2.18. The summed E-state index contributed by atoms with van der Waals surface area (Å²) < 4.78 is 6.02. The molecule has 1 rings (SSSR count). The van der Waals surface area contributed by atoms with Gasteiger partial charge in [0.1, 0.15) is 9.15 Å². The minimum Gasteiger partial charge on any atom is -0.494 e. The molecule has 0 aliphatic heterocycles. The molecular formula is C14H16Br2O2. The summed E-state index contributed by atoms with van der Waals surface area (Å²) in [6, 6.07) is 5.79. The summed E-state index contributed by atoms with van der Waals surface area (Å²) >= 11 is 6.66. The van der Waals surface area contributed by atoms with Crippen LogP contribution >= 0.6 is 31.9 Å². The summed E-state index contributed by atoms with van der Waals surface area (Å²) in [5.41, 5.74) is 2.56. The lowest BCUT2D eigenvalue weighted by atomic mass is 9.85. The molecule has 0 saturated carbocycles. The molecule has 0 atom stereocenters. The zero-order valence-corrected chi connectivity index (χ0v) is 14.1. The van der Waals surface area contributed by atoms with Crippen LogP contribution < -0.4 is 0 Å². The number of hydrogen-bond donors (Lipinski definition) is 0. The number of methoxy groups -OCH3 is 1. The molecule has 0 aliphatic carbocycles. The van der Waals surface area contributed by atoms with Crippen molar-refractivity contribution in [3.8, 4) is 0 Å². The molecule has 0 N–H and O–H groups in total. The van der Waals surface area contributed by atoms with Crippen molar-refractivity contribution in [2.24, 2.45) is 0 Å².